The third-order valence-corrected chi connectivity index (χ3v) is 4.85. The molecule has 6 nitrogen and oxygen atoms in total. The fraction of sp³-hybridized carbons (Fsp3) is 0.316. The fourth-order valence-corrected chi connectivity index (χ4v) is 3.45. The highest BCUT2D eigenvalue weighted by Gasteiger charge is 2.35. The maximum Gasteiger partial charge on any atom is 0.139 e. The first-order valence-corrected chi connectivity index (χ1v) is 8.50. The molecule has 130 valence electrons. The molecule has 4 rings (SSSR count). The number of rotatable bonds is 4. The van der Waals surface area contributed by atoms with Crippen molar-refractivity contribution in [3.8, 4) is 0 Å². The number of allylic oxidation sites excluding steroid dienone is 1. The highest BCUT2D eigenvalue weighted by molar-refractivity contribution is 5.82. The minimum atomic E-state index is 0.644. The van der Waals surface area contributed by atoms with Gasteiger partial charge >= 0.3 is 0 Å². The first kappa shape index (κ1) is 15.8. The van der Waals surface area contributed by atoms with E-state index in [2.05, 4.69) is 52.0 Å². The largest absolute Gasteiger partial charge is 0.397 e. The number of hydrogen-bond acceptors (Lipinski definition) is 6. The molecule has 6 heteroatoms. The Balaban J connectivity index is 1.63. The fourth-order valence-electron chi connectivity index (χ4n) is 3.45. The molecule has 0 bridgehead atoms. The number of benzene rings is 1. The van der Waals surface area contributed by atoms with Crippen LogP contribution in [0, 0.1) is 0 Å². The summed E-state index contributed by atoms with van der Waals surface area (Å²) in [6, 6.07) is 10.6. The molecular formula is C19H23N5O. The van der Waals surface area contributed by atoms with Crippen LogP contribution >= 0.6 is 0 Å². The predicted octanol–water partition coefficient (Wildman–Crippen LogP) is 2.01. The third-order valence-electron chi connectivity index (χ3n) is 4.85. The molecule has 3 aliphatic rings. The molecule has 0 aliphatic carbocycles. The van der Waals surface area contributed by atoms with Gasteiger partial charge in [-0.25, -0.2) is 10.1 Å². The molecular weight excluding hydrogens is 314 g/mol. The Morgan fingerprint density at radius 1 is 1.24 bits per heavy atom. The van der Waals surface area contributed by atoms with E-state index in [1.165, 1.54) is 11.1 Å². The SMILES string of the molecule is CON1C=C2C=NC3=C(N(CCc4ccccc4)CC(C)=C3N)N2C1. The Morgan fingerprint density at radius 3 is 2.80 bits per heavy atom. The van der Waals surface area contributed by atoms with Crippen molar-refractivity contribution in [2.45, 2.75) is 13.3 Å². The molecule has 0 atom stereocenters. The van der Waals surface area contributed by atoms with Crippen molar-refractivity contribution in [1.82, 2.24) is 14.9 Å². The summed E-state index contributed by atoms with van der Waals surface area (Å²) in [4.78, 5) is 14.6. The van der Waals surface area contributed by atoms with Crippen molar-refractivity contribution in [2.75, 3.05) is 26.9 Å². The van der Waals surface area contributed by atoms with E-state index >= 15 is 0 Å². The molecule has 0 unspecified atom stereocenters. The van der Waals surface area contributed by atoms with E-state index in [4.69, 9.17) is 10.6 Å². The molecule has 3 aliphatic heterocycles. The molecule has 0 amide bonds. The van der Waals surface area contributed by atoms with E-state index in [1.54, 1.807) is 12.2 Å². The van der Waals surface area contributed by atoms with Crippen molar-refractivity contribution in [3.05, 3.63) is 70.6 Å². The van der Waals surface area contributed by atoms with Gasteiger partial charge in [0, 0.05) is 13.1 Å². The van der Waals surface area contributed by atoms with Crippen LogP contribution in [0.2, 0.25) is 0 Å². The minimum Gasteiger partial charge on any atom is -0.397 e. The number of aliphatic imine (C=N–C) groups is 1. The van der Waals surface area contributed by atoms with Crippen LogP contribution in [0.3, 0.4) is 0 Å². The van der Waals surface area contributed by atoms with Crippen molar-refractivity contribution >= 4 is 6.21 Å². The summed E-state index contributed by atoms with van der Waals surface area (Å²) in [5, 5.41) is 1.80. The van der Waals surface area contributed by atoms with Crippen molar-refractivity contribution in [1.29, 1.82) is 0 Å². The number of hydrogen-bond donors (Lipinski definition) is 1. The molecule has 2 N–H and O–H groups in total. The molecule has 3 heterocycles. The van der Waals surface area contributed by atoms with E-state index < -0.39 is 0 Å². The van der Waals surface area contributed by atoms with Crippen LogP contribution in [0.25, 0.3) is 0 Å². The van der Waals surface area contributed by atoms with Crippen LogP contribution in [0.5, 0.6) is 0 Å². The molecule has 0 fully saturated rings. The predicted molar refractivity (Wildman–Crippen MR) is 97.8 cm³/mol. The van der Waals surface area contributed by atoms with Gasteiger partial charge in [0.1, 0.15) is 18.2 Å². The molecule has 0 spiro atoms. The molecule has 1 aromatic rings. The smallest absolute Gasteiger partial charge is 0.139 e. The average Bonchev–Trinajstić information content (AvgIpc) is 3.07. The highest BCUT2D eigenvalue weighted by atomic mass is 16.7. The summed E-state index contributed by atoms with van der Waals surface area (Å²) in [6.45, 7) is 4.47. The van der Waals surface area contributed by atoms with Crippen molar-refractivity contribution in [2.24, 2.45) is 10.7 Å². The first-order chi connectivity index (χ1) is 12.2. The van der Waals surface area contributed by atoms with Gasteiger partial charge in [-0.1, -0.05) is 30.3 Å². The third kappa shape index (κ3) is 2.78. The van der Waals surface area contributed by atoms with Gasteiger partial charge in [-0.15, -0.1) is 0 Å². The van der Waals surface area contributed by atoms with Crippen LogP contribution in [0.15, 0.2) is 70.0 Å². The van der Waals surface area contributed by atoms with Gasteiger partial charge in [0.05, 0.1) is 30.9 Å². The molecule has 0 radical (unpaired) electrons. The van der Waals surface area contributed by atoms with Crippen LogP contribution in [0.1, 0.15) is 12.5 Å². The number of fused-ring (bicyclic) bond motifs is 2. The molecule has 1 aromatic carbocycles. The summed E-state index contributed by atoms with van der Waals surface area (Å²) in [7, 11) is 1.68. The molecule has 25 heavy (non-hydrogen) atoms. The summed E-state index contributed by atoms with van der Waals surface area (Å²) in [6.07, 6.45) is 4.80. The van der Waals surface area contributed by atoms with Gasteiger partial charge in [-0.05, 0) is 24.5 Å². The van der Waals surface area contributed by atoms with Crippen LogP contribution in [-0.2, 0) is 11.3 Å². The summed E-state index contributed by atoms with van der Waals surface area (Å²) < 4.78 is 0. The van der Waals surface area contributed by atoms with Gasteiger partial charge in [0.15, 0.2) is 0 Å². The summed E-state index contributed by atoms with van der Waals surface area (Å²) in [5.74, 6) is 1.08. The van der Waals surface area contributed by atoms with Crippen LogP contribution in [0.4, 0.5) is 0 Å². The maximum atomic E-state index is 6.34. The van der Waals surface area contributed by atoms with Crippen molar-refractivity contribution in [3.63, 3.8) is 0 Å². The zero-order chi connectivity index (χ0) is 17.4. The van der Waals surface area contributed by atoms with Gasteiger partial charge in [0.25, 0.3) is 0 Å². The van der Waals surface area contributed by atoms with Crippen molar-refractivity contribution < 1.29 is 4.84 Å². The Morgan fingerprint density at radius 2 is 2.04 bits per heavy atom. The van der Waals surface area contributed by atoms with E-state index in [0.717, 1.165) is 42.4 Å². The maximum absolute atomic E-state index is 6.34. The number of nitrogens with zero attached hydrogens (tertiary/aromatic N) is 4. The van der Waals surface area contributed by atoms with Gasteiger partial charge in [0.2, 0.25) is 0 Å². The molecule has 0 saturated carbocycles. The summed E-state index contributed by atoms with van der Waals surface area (Å²) >= 11 is 0. The van der Waals surface area contributed by atoms with Gasteiger partial charge < -0.3 is 15.5 Å². The highest BCUT2D eigenvalue weighted by Crippen LogP contribution is 2.35. The van der Waals surface area contributed by atoms with E-state index in [0.29, 0.717) is 6.67 Å². The molecule has 0 aromatic heterocycles. The Labute approximate surface area is 148 Å². The minimum absolute atomic E-state index is 0.644. The lowest BCUT2D eigenvalue weighted by atomic mass is 10.1. The lowest BCUT2D eigenvalue weighted by molar-refractivity contribution is -0.0971. The van der Waals surface area contributed by atoms with E-state index in [9.17, 15) is 0 Å². The lowest BCUT2D eigenvalue weighted by Gasteiger charge is -2.40. The standard InChI is InChI=1S/C19H23N5O/c1-14-11-22(9-8-15-6-4-3-5-7-15)19-18(17(14)20)21-10-16-12-23(25-2)13-24(16)19/h3-7,10,12H,8-9,11,13,20H2,1-2H3. The summed E-state index contributed by atoms with van der Waals surface area (Å²) in [5.41, 5.74) is 11.5. The zero-order valence-corrected chi connectivity index (χ0v) is 14.6. The molecule has 0 saturated heterocycles. The van der Waals surface area contributed by atoms with E-state index in [1.807, 2.05) is 12.4 Å². The second-order valence-corrected chi connectivity index (χ2v) is 6.50. The second-order valence-electron chi connectivity index (χ2n) is 6.50. The quantitative estimate of drug-likeness (QED) is 0.911. The topological polar surface area (TPSA) is 57.3 Å². The van der Waals surface area contributed by atoms with Crippen LogP contribution in [-0.4, -0.2) is 47.9 Å². The lowest BCUT2D eigenvalue weighted by Crippen LogP contribution is -2.43. The Bertz CT molecular complexity index is 793. The normalized spacial score (nSPS) is 19.4. The Hall–Kier alpha value is -2.73. The van der Waals surface area contributed by atoms with Gasteiger partial charge in [-0.3, -0.25) is 4.84 Å². The van der Waals surface area contributed by atoms with Gasteiger partial charge in [-0.2, -0.15) is 0 Å². The van der Waals surface area contributed by atoms with Crippen LogP contribution < -0.4 is 5.73 Å². The number of hydroxylamine groups is 2. The monoisotopic (exact) mass is 337 g/mol. The Kier molecular flexibility index (Phi) is 3.97. The van der Waals surface area contributed by atoms with E-state index in [-0.39, 0.29) is 0 Å². The first-order valence-electron chi connectivity index (χ1n) is 8.50. The second kappa shape index (κ2) is 6.29. The number of nitrogens with two attached hydrogens (primary N) is 1. The zero-order valence-electron chi connectivity index (χ0n) is 14.6. The average molecular weight is 337 g/mol.